The predicted molar refractivity (Wildman–Crippen MR) is 77.9 cm³/mol. The first-order chi connectivity index (χ1) is 9.08. The Balaban J connectivity index is 1.90. The van der Waals surface area contributed by atoms with Crippen LogP contribution in [0.15, 0.2) is 22.7 Å². The van der Waals surface area contributed by atoms with E-state index in [1.54, 1.807) is 6.92 Å². The average Bonchev–Trinajstić information content (AvgIpc) is 2.73. The minimum Gasteiger partial charge on any atom is -0.349 e. The van der Waals surface area contributed by atoms with Crippen molar-refractivity contribution < 1.29 is 9.59 Å². The number of carbonyl (C=O) groups is 2. The third-order valence-corrected chi connectivity index (χ3v) is 4.22. The molecule has 0 bridgehead atoms. The Bertz CT molecular complexity index is 499. The number of nitrogens with one attached hydrogen (secondary N) is 1. The van der Waals surface area contributed by atoms with E-state index in [0.29, 0.717) is 19.3 Å². The number of fused-ring (bicyclic) bond motifs is 1. The first-order valence-electron chi connectivity index (χ1n) is 6.64. The van der Waals surface area contributed by atoms with Crippen LogP contribution in [0.5, 0.6) is 0 Å². The summed E-state index contributed by atoms with van der Waals surface area (Å²) in [6.45, 7) is 1.56. The summed E-state index contributed by atoms with van der Waals surface area (Å²) in [6, 6.07) is 6.24. The van der Waals surface area contributed by atoms with Crippen LogP contribution in [0.3, 0.4) is 0 Å². The van der Waals surface area contributed by atoms with Gasteiger partial charge in [-0.05, 0) is 43.4 Å². The molecular weight excluding hydrogens is 306 g/mol. The minimum atomic E-state index is 0.0408. The summed E-state index contributed by atoms with van der Waals surface area (Å²) in [5.41, 5.74) is 2.52. The van der Waals surface area contributed by atoms with Crippen LogP contribution >= 0.6 is 15.9 Å². The van der Waals surface area contributed by atoms with Gasteiger partial charge in [-0.3, -0.25) is 4.79 Å². The van der Waals surface area contributed by atoms with Gasteiger partial charge in [0.2, 0.25) is 5.91 Å². The van der Waals surface area contributed by atoms with Gasteiger partial charge in [0.1, 0.15) is 5.78 Å². The number of ketones is 1. The molecule has 19 heavy (non-hydrogen) atoms. The van der Waals surface area contributed by atoms with E-state index in [4.69, 9.17) is 0 Å². The van der Waals surface area contributed by atoms with Crippen LogP contribution in [0.1, 0.15) is 49.8 Å². The van der Waals surface area contributed by atoms with Crippen LogP contribution in [0.4, 0.5) is 0 Å². The zero-order valence-corrected chi connectivity index (χ0v) is 12.6. The molecule has 0 radical (unpaired) electrons. The fraction of sp³-hybridized carbons (Fsp3) is 0.467. The SMILES string of the molecule is CC(=O)CCCC(=O)N[C@H]1CCc2c(Br)cccc21. The summed E-state index contributed by atoms with van der Waals surface area (Å²) in [5, 5.41) is 3.06. The van der Waals surface area contributed by atoms with Gasteiger partial charge in [0.25, 0.3) is 0 Å². The largest absolute Gasteiger partial charge is 0.349 e. The number of rotatable bonds is 5. The third kappa shape index (κ3) is 3.66. The Kier molecular flexibility index (Phi) is 4.75. The Morgan fingerprint density at radius 1 is 1.37 bits per heavy atom. The van der Waals surface area contributed by atoms with Crippen LogP contribution < -0.4 is 5.32 Å². The van der Waals surface area contributed by atoms with Gasteiger partial charge in [0, 0.05) is 17.3 Å². The summed E-state index contributed by atoms with van der Waals surface area (Å²) in [7, 11) is 0. The van der Waals surface area contributed by atoms with E-state index in [2.05, 4.69) is 27.3 Å². The number of hydrogen-bond acceptors (Lipinski definition) is 2. The van der Waals surface area contributed by atoms with Crippen molar-refractivity contribution in [2.75, 3.05) is 0 Å². The molecule has 3 nitrogen and oxygen atoms in total. The second-order valence-electron chi connectivity index (χ2n) is 5.02. The van der Waals surface area contributed by atoms with Crippen LogP contribution in [0.25, 0.3) is 0 Å². The maximum absolute atomic E-state index is 11.8. The molecule has 102 valence electrons. The summed E-state index contributed by atoms with van der Waals surface area (Å²) in [6.07, 6.45) is 3.50. The highest BCUT2D eigenvalue weighted by Crippen LogP contribution is 2.35. The average molecular weight is 324 g/mol. The molecular formula is C15H18BrNO2. The summed E-state index contributed by atoms with van der Waals surface area (Å²) in [5.74, 6) is 0.182. The Morgan fingerprint density at radius 2 is 2.16 bits per heavy atom. The van der Waals surface area contributed by atoms with Gasteiger partial charge in [0.05, 0.1) is 6.04 Å². The van der Waals surface area contributed by atoms with Crippen LogP contribution in [0.2, 0.25) is 0 Å². The van der Waals surface area contributed by atoms with E-state index < -0.39 is 0 Å². The third-order valence-electron chi connectivity index (χ3n) is 3.48. The highest BCUT2D eigenvalue weighted by atomic mass is 79.9. The van der Waals surface area contributed by atoms with Crippen molar-refractivity contribution in [2.24, 2.45) is 0 Å². The number of carbonyl (C=O) groups excluding carboxylic acids is 2. The molecule has 0 aromatic heterocycles. The van der Waals surface area contributed by atoms with Crippen molar-refractivity contribution in [3.63, 3.8) is 0 Å². The number of amides is 1. The summed E-state index contributed by atoms with van der Waals surface area (Å²) < 4.78 is 1.12. The molecule has 0 saturated carbocycles. The summed E-state index contributed by atoms with van der Waals surface area (Å²) in [4.78, 5) is 22.7. The Hall–Kier alpha value is -1.16. The maximum Gasteiger partial charge on any atom is 0.220 e. The molecule has 1 aromatic carbocycles. The molecule has 1 aliphatic rings. The highest BCUT2D eigenvalue weighted by Gasteiger charge is 2.24. The number of hydrogen-bond donors (Lipinski definition) is 1. The Labute approximate surface area is 121 Å². The van der Waals surface area contributed by atoms with Crippen molar-refractivity contribution in [1.82, 2.24) is 5.32 Å². The van der Waals surface area contributed by atoms with E-state index in [9.17, 15) is 9.59 Å². The van der Waals surface area contributed by atoms with E-state index >= 15 is 0 Å². The zero-order chi connectivity index (χ0) is 13.8. The normalized spacial score (nSPS) is 17.1. The standard InChI is InChI=1S/C15H18BrNO2/c1-10(18)4-2-7-15(19)17-14-9-8-11-12(14)5-3-6-13(11)16/h3,5-6,14H,2,4,7-9H2,1H3,(H,17,19)/t14-/m0/s1. The molecule has 1 atom stereocenters. The van der Waals surface area contributed by atoms with Gasteiger partial charge in [0.15, 0.2) is 0 Å². The van der Waals surface area contributed by atoms with Gasteiger partial charge in [-0.2, -0.15) is 0 Å². The van der Waals surface area contributed by atoms with Gasteiger partial charge in [-0.1, -0.05) is 28.1 Å². The molecule has 1 amide bonds. The van der Waals surface area contributed by atoms with Crippen molar-refractivity contribution in [3.8, 4) is 0 Å². The summed E-state index contributed by atoms with van der Waals surface area (Å²) >= 11 is 3.55. The lowest BCUT2D eigenvalue weighted by Crippen LogP contribution is -2.26. The van der Waals surface area contributed by atoms with Gasteiger partial charge in [-0.25, -0.2) is 0 Å². The van der Waals surface area contributed by atoms with Gasteiger partial charge in [-0.15, -0.1) is 0 Å². The molecule has 4 heteroatoms. The Morgan fingerprint density at radius 3 is 2.89 bits per heavy atom. The van der Waals surface area contributed by atoms with E-state index in [1.807, 2.05) is 12.1 Å². The molecule has 2 rings (SSSR count). The molecule has 0 saturated heterocycles. The number of benzene rings is 1. The predicted octanol–water partition coefficient (Wildman–Crippen LogP) is 3.31. The molecule has 0 unspecified atom stereocenters. The van der Waals surface area contributed by atoms with Crippen LogP contribution in [0, 0.1) is 0 Å². The smallest absolute Gasteiger partial charge is 0.220 e. The number of Topliss-reactive ketones (excluding diaryl/α,β-unsaturated/α-hetero) is 1. The highest BCUT2D eigenvalue weighted by molar-refractivity contribution is 9.10. The first-order valence-corrected chi connectivity index (χ1v) is 7.43. The second-order valence-corrected chi connectivity index (χ2v) is 5.88. The molecule has 1 aliphatic carbocycles. The minimum absolute atomic E-state index is 0.0408. The van der Waals surface area contributed by atoms with Crippen LogP contribution in [-0.4, -0.2) is 11.7 Å². The molecule has 0 spiro atoms. The quantitative estimate of drug-likeness (QED) is 0.903. The van der Waals surface area contributed by atoms with Gasteiger partial charge >= 0.3 is 0 Å². The van der Waals surface area contributed by atoms with Crippen molar-refractivity contribution in [3.05, 3.63) is 33.8 Å². The molecule has 0 heterocycles. The molecule has 0 aliphatic heterocycles. The van der Waals surface area contributed by atoms with E-state index in [1.165, 1.54) is 11.1 Å². The molecule has 1 aromatic rings. The van der Waals surface area contributed by atoms with Crippen molar-refractivity contribution in [2.45, 2.75) is 45.1 Å². The zero-order valence-electron chi connectivity index (χ0n) is 11.0. The lowest BCUT2D eigenvalue weighted by Gasteiger charge is -2.14. The van der Waals surface area contributed by atoms with Crippen molar-refractivity contribution >= 4 is 27.6 Å². The topological polar surface area (TPSA) is 46.2 Å². The molecule has 1 N–H and O–H groups in total. The fourth-order valence-corrected chi connectivity index (χ4v) is 3.10. The number of halogens is 1. The van der Waals surface area contributed by atoms with E-state index in [-0.39, 0.29) is 17.7 Å². The lowest BCUT2D eigenvalue weighted by molar-refractivity contribution is -0.122. The lowest BCUT2D eigenvalue weighted by atomic mass is 10.1. The van der Waals surface area contributed by atoms with Crippen molar-refractivity contribution in [1.29, 1.82) is 0 Å². The first kappa shape index (κ1) is 14.3. The fourth-order valence-electron chi connectivity index (χ4n) is 2.52. The van der Waals surface area contributed by atoms with E-state index in [0.717, 1.165) is 17.3 Å². The second kappa shape index (κ2) is 6.33. The van der Waals surface area contributed by atoms with Crippen LogP contribution in [-0.2, 0) is 16.0 Å². The monoisotopic (exact) mass is 323 g/mol. The molecule has 0 fully saturated rings. The van der Waals surface area contributed by atoms with Gasteiger partial charge < -0.3 is 10.1 Å². The maximum atomic E-state index is 11.8.